The van der Waals surface area contributed by atoms with Crippen LogP contribution in [0.1, 0.15) is 5.56 Å². The summed E-state index contributed by atoms with van der Waals surface area (Å²) in [6, 6.07) is 73.1. The Kier molecular flexibility index (Phi) is 12.5. The Morgan fingerprint density at radius 1 is 0.338 bits per heavy atom. The van der Waals surface area contributed by atoms with E-state index in [0.717, 1.165) is 61.4 Å². The van der Waals surface area contributed by atoms with Gasteiger partial charge in [0.05, 0.1) is 41.6 Å². The van der Waals surface area contributed by atoms with E-state index in [0.29, 0.717) is 40.3 Å². The number of para-hydroxylation sites is 4. The second kappa shape index (κ2) is 19.9. The number of rotatable bonds is 14. The van der Waals surface area contributed by atoms with Gasteiger partial charge in [-0.05, 0) is 200 Å². The van der Waals surface area contributed by atoms with Gasteiger partial charge in [-0.3, -0.25) is 4.57 Å². The SMILES string of the molecule is Cc1ccc(S(=O)(=O)c2ccc(Oc3ccc(-c4ccc(Oc5ccc(S(=O)(=O)c6ccc(-n7c(-c8ccc(Oc9ccc(-c%10nc%11ccccc%11n%10C)cc9)cc8)nc8ccccc87)cc6)cc5)cc4)cc3)cc2)cc1. The minimum Gasteiger partial charge on any atom is -0.457 e. The predicted octanol–water partition coefficient (Wildman–Crippen LogP) is 15.3. The quantitative estimate of drug-likeness (QED) is 0.104. The molecule has 12 rings (SSSR count). The maximum absolute atomic E-state index is 14.0. The summed E-state index contributed by atoms with van der Waals surface area (Å²) in [7, 11) is -5.50. The molecule has 77 heavy (non-hydrogen) atoms. The first-order chi connectivity index (χ1) is 37.4. The van der Waals surface area contributed by atoms with Crippen LogP contribution in [-0.4, -0.2) is 35.9 Å². The van der Waals surface area contributed by atoms with E-state index in [1.54, 1.807) is 97.1 Å². The highest BCUT2D eigenvalue weighted by Crippen LogP contribution is 2.35. The van der Waals surface area contributed by atoms with Crippen molar-refractivity contribution in [3.63, 3.8) is 0 Å². The highest BCUT2D eigenvalue weighted by atomic mass is 32.2. The lowest BCUT2D eigenvalue weighted by molar-refractivity contribution is 0.481. The molecule has 0 bridgehead atoms. The molecule has 2 aromatic heterocycles. The molecule has 0 atom stereocenters. The van der Waals surface area contributed by atoms with Gasteiger partial charge >= 0.3 is 0 Å². The van der Waals surface area contributed by atoms with Crippen LogP contribution >= 0.6 is 0 Å². The maximum Gasteiger partial charge on any atom is 0.206 e. The summed E-state index contributed by atoms with van der Waals surface area (Å²) in [4.78, 5) is 10.5. The number of aryl methyl sites for hydroxylation is 2. The molecule has 0 N–H and O–H groups in total. The fourth-order valence-corrected chi connectivity index (χ4v) is 11.7. The maximum atomic E-state index is 14.0. The lowest BCUT2D eigenvalue weighted by Crippen LogP contribution is -2.03. The molecule has 11 nitrogen and oxygen atoms in total. The molecule has 10 aromatic carbocycles. The van der Waals surface area contributed by atoms with Gasteiger partial charge in [0, 0.05) is 23.9 Å². The highest BCUT2D eigenvalue weighted by Gasteiger charge is 2.21. The molecule has 0 aliphatic rings. The average molecular weight is 1050 g/mol. The van der Waals surface area contributed by atoms with Crippen LogP contribution in [-0.2, 0) is 26.7 Å². The van der Waals surface area contributed by atoms with Crippen LogP contribution in [0.25, 0.3) is 61.7 Å². The molecule has 0 fully saturated rings. The average Bonchev–Trinajstić information content (AvgIpc) is 4.03. The monoisotopic (exact) mass is 1050 g/mol. The number of fused-ring (bicyclic) bond motifs is 2. The first-order valence-electron chi connectivity index (χ1n) is 24.6. The van der Waals surface area contributed by atoms with Crippen LogP contribution in [0.2, 0.25) is 0 Å². The summed E-state index contributed by atoms with van der Waals surface area (Å²) in [6.45, 7) is 1.91. The fraction of sp³-hybridized carbons (Fsp3) is 0.0312. The molecule has 0 unspecified atom stereocenters. The number of aromatic nitrogens is 4. The van der Waals surface area contributed by atoms with E-state index in [2.05, 4.69) is 10.6 Å². The summed E-state index contributed by atoms with van der Waals surface area (Å²) in [5, 5.41) is 0. The molecular formula is C64H46N4O7S2. The molecule has 0 spiro atoms. The molecule has 12 aromatic rings. The smallest absolute Gasteiger partial charge is 0.206 e. The van der Waals surface area contributed by atoms with Gasteiger partial charge in [-0.25, -0.2) is 26.8 Å². The Hall–Kier alpha value is -9.56. The highest BCUT2D eigenvalue weighted by molar-refractivity contribution is 7.91. The van der Waals surface area contributed by atoms with Crippen molar-refractivity contribution in [3.8, 4) is 74.1 Å². The van der Waals surface area contributed by atoms with E-state index < -0.39 is 19.7 Å². The first-order valence-corrected chi connectivity index (χ1v) is 27.6. The number of imidazole rings is 2. The van der Waals surface area contributed by atoms with Crippen LogP contribution in [0.5, 0.6) is 34.5 Å². The third kappa shape index (κ3) is 9.72. The fourth-order valence-electron chi connectivity index (χ4n) is 9.21. The normalized spacial score (nSPS) is 11.7. The van der Waals surface area contributed by atoms with Gasteiger partial charge in [-0.1, -0.05) is 66.2 Å². The van der Waals surface area contributed by atoms with Crippen LogP contribution in [0.4, 0.5) is 0 Å². The van der Waals surface area contributed by atoms with Crippen molar-refractivity contribution < 1.29 is 31.0 Å². The minimum atomic E-state index is -3.88. The first kappa shape index (κ1) is 48.4. The Morgan fingerprint density at radius 3 is 1.06 bits per heavy atom. The van der Waals surface area contributed by atoms with Gasteiger partial charge < -0.3 is 18.8 Å². The Bertz CT molecular complexity index is 4330. The number of benzene rings is 10. The minimum absolute atomic E-state index is 0.136. The van der Waals surface area contributed by atoms with Crippen molar-refractivity contribution >= 4 is 41.7 Å². The summed E-state index contributed by atoms with van der Waals surface area (Å²) in [6.07, 6.45) is 0. The van der Waals surface area contributed by atoms with Crippen LogP contribution in [0.15, 0.2) is 262 Å². The molecule has 2 heterocycles. The van der Waals surface area contributed by atoms with Crippen LogP contribution < -0.4 is 14.2 Å². The van der Waals surface area contributed by atoms with Crippen LogP contribution in [0, 0.1) is 6.92 Å². The lowest BCUT2D eigenvalue weighted by Gasteiger charge is -2.12. The number of hydrogen-bond donors (Lipinski definition) is 0. The van der Waals surface area contributed by atoms with Crippen molar-refractivity contribution in [1.29, 1.82) is 0 Å². The van der Waals surface area contributed by atoms with Crippen molar-refractivity contribution in [2.24, 2.45) is 7.05 Å². The molecule has 13 heteroatoms. The second-order valence-electron chi connectivity index (χ2n) is 18.4. The van der Waals surface area contributed by atoms with Crippen LogP contribution in [0.3, 0.4) is 0 Å². The Balaban J connectivity index is 0.684. The molecule has 0 saturated carbocycles. The number of ether oxygens (including phenoxy) is 3. The molecule has 0 saturated heterocycles. The van der Waals surface area contributed by atoms with E-state index in [4.69, 9.17) is 24.2 Å². The molecule has 0 radical (unpaired) electrons. The van der Waals surface area contributed by atoms with Gasteiger partial charge in [0.1, 0.15) is 46.1 Å². The van der Waals surface area contributed by atoms with Crippen molar-refractivity contribution in [2.75, 3.05) is 0 Å². The van der Waals surface area contributed by atoms with E-state index >= 15 is 0 Å². The predicted molar refractivity (Wildman–Crippen MR) is 300 cm³/mol. The topological polar surface area (TPSA) is 132 Å². The third-order valence-corrected chi connectivity index (χ3v) is 16.9. The number of hydrogen-bond acceptors (Lipinski definition) is 9. The third-order valence-electron chi connectivity index (χ3n) is 13.3. The molecular weight excluding hydrogens is 1000 g/mol. The zero-order chi connectivity index (χ0) is 52.7. The molecule has 0 amide bonds. The van der Waals surface area contributed by atoms with Gasteiger partial charge in [-0.15, -0.1) is 0 Å². The Labute approximate surface area is 445 Å². The van der Waals surface area contributed by atoms with Crippen molar-refractivity contribution in [2.45, 2.75) is 26.5 Å². The summed E-state index contributed by atoms with van der Waals surface area (Å²) in [5.41, 5.74) is 9.19. The number of nitrogens with zero attached hydrogens (tertiary/aromatic N) is 4. The zero-order valence-electron chi connectivity index (χ0n) is 41.6. The largest absolute Gasteiger partial charge is 0.457 e. The molecule has 376 valence electrons. The van der Waals surface area contributed by atoms with E-state index in [1.807, 2.05) is 158 Å². The van der Waals surface area contributed by atoms with Gasteiger partial charge in [0.25, 0.3) is 0 Å². The zero-order valence-corrected chi connectivity index (χ0v) is 43.2. The summed E-state index contributed by atoms with van der Waals surface area (Å²) >= 11 is 0. The Morgan fingerprint density at radius 2 is 0.649 bits per heavy atom. The second-order valence-corrected chi connectivity index (χ2v) is 22.3. The van der Waals surface area contributed by atoms with Gasteiger partial charge in [-0.2, -0.15) is 0 Å². The standard InChI is InChI=1S/C64H46N4O7S2/c1-43-11-35-55(36-12-43)76(69,70)57-39-31-53(32-40-57)74-49-23-13-44(14-24-49)45-15-25-50(26-16-45)75-54-33-41-58(42-34-54)77(71,72)56-37-21-48(22-38-56)68-62-10-6-4-8-60(62)66-64(68)47-19-29-52(30-20-47)73-51-27-17-46(18-28-51)63-65-59-7-3-5-9-61(59)67(63)2/h3-42H,1-2H3. The molecule has 0 aliphatic heterocycles. The van der Waals surface area contributed by atoms with E-state index in [1.165, 1.54) is 0 Å². The summed E-state index contributed by atoms with van der Waals surface area (Å²) in [5.74, 6) is 5.12. The lowest BCUT2D eigenvalue weighted by atomic mass is 10.1. The van der Waals surface area contributed by atoms with Gasteiger partial charge in [0.15, 0.2) is 0 Å². The summed E-state index contributed by atoms with van der Waals surface area (Å²) < 4.78 is 76.6. The number of sulfone groups is 2. The van der Waals surface area contributed by atoms with Crippen molar-refractivity contribution in [3.05, 3.63) is 248 Å². The molecule has 0 aliphatic carbocycles. The van der Waals surface area contributed by atoms with Crippen molar-refractivity contribution in [1.82, 2.24) is 19.1 Å². The van der Waals surface area contributed by atoms with E-state index in [9.17, 15) is 16.8 Å². The van der Waals surface area contributed by atoms with E-state index in [-0.39, 0.29) is 19.6 Å². The van der Waals surface area contributed by atoms with Gasteiger partial charge in [0.2, 0.25) is 19.7 Å².